The molecular weight excluding hydrogens is 350 g/mol. The highest BCUT2D eigenvalue weighted by Crippen LogP contribution is 2.14. The normalized spacial score (nSPS) is 11.4. The van der Waals surface area contributed by atoms with Crippen LogP contribution in [0.5, 0.6) is 0 Å². The van der Waals surface area contributed by atoms with Gasteiger partial charge in [-0.25, -0.2) is 18.1 Å². The summed E-state index contributed by atoms with van der Waals surface area (Å²) in [6.45, 7) is 0.225. The molecule has 0 spiro atoms. The molecule has 6 nitrogen and oxygen atoms in total. The number of sulfonamides is 1. The fourth-order valence-corrected chi connectivity index (χ4v) is 3.44. The predicted octanol–water partition coefficient (Wildman–Crippen LogP) is 2.21. The first kappa shape index (κ1) is 18.0. The molecule has 26 heavy (non-hydrogen) atoms. The molecule has 0 aliphatic heterocycles. The molecule has 3 aromatic rings. The van der Waals surface area contributed by atoms with Crippen molar-refractivity contribution in [3.05, 3.63) is 77.5 Å². The van der Waals surface area contributed by atoms with Gasteiger partial charge < -0.3 is 5.32 Å². The first-order valence-corrected chi connectivity index (χ1v) is 9.76. The number of nitrogens with zero attached hydrogens (tertiary/aromatic N) is 1. The first-order valence-electron chi connectivity index (χ1n) is 8.10. The van der Waals surface area contributed by atoms with Crippen molar-refractivity contribution in [1.82, 2.24) is 15.0 Å². The van der Waals surface area contributed by atoms with Crippen LogP contribution in [0.15, 0.2) is 60.7 Å². The van der Waals surface area contributed by atoms with E-state index < -0.39 is 10.0 Å². The molecule has 0 radical (unpaired) electrons. The minimum atomic E-state index is -3.39. The van der Waals surface area contributed by atoms with Crippen molar-refractivity contribution in [1.29, 1.82) is 0 Å². The standard InChI is InChI=1S/C19H19N3O3S/c1-20-26(24,25)13-16-8-3-2-7-15(16)12-21-19(23)18-11-10-14-6-4-5-9-17(14)22-18/h2-11,20H,12-13H2,1H3,(H,21,23). The van der Waals surface area contributed by atoms with Crippen LogP contribution in [0.3, 0.4) is 0 Å². The molecule has 0 unspecified atom stereocenters. The van der Waals surface area contributed by atoms with E-state index in [4.69, 9.17) is 0 Å². The Labute approximate surface area is 152 Å². The van der Waals surface area contributed by atoms with Crippen molar-refractivity contribution in [2.75, 3.05) is 7.05 Å². The molecule has 0 saturated heterocycles. The lowest BCUT2D eigenvalue weighted by molar-refractivity contribution is 0.0946. The van der Waals surface area contributed by atoms with Gasteiger partial charge in [0.05, 0.1) is 11.3 Å². The Morgan fingerprint density at radius 2 is 1.65 bits per heavy atom. The molecular formula is C19H19N3O3S. The second-order valence-electron chi connectivity index (χ2n) is 5.80. The smallest absolute Gasteiger partial charge is 0.270 e. The number of benzene rings is 2. The van der Waals surface area contributed by atoms with Crippen LogP contribution in [0.4, 0.5) is 0 Å². The van der Waals surface area contributed by atoms with E-state index in [1.807, 2.05) is 36.4 Å². The van der Waals surface area contributed by atoms with Crippen LogP contribution in [-0.2, 0) is 22.3 Å². The van der Waals surface area contributed by atoms with E-state index in [1.165, 1.54) is 7.05 Å². The number of carbonyl (C=O) groups excluding carboxylic acids is 1. The van der Waals surface area contributed by atoms with E-state index in [9.17, 15) is 13.2 Å². The fraction of sp³-hybridized carbons (Fsp3) is 0.158. The van der Waals surface area contributed by atoms with Crippen LogP contribution >= 0.6 is 0 Å². The van der Waals surface area contributed by atoms with E-state index in [2.05, 4.69) is 15.0 Å². The van der Waals surface area contributed by atoms with Gasteiger partial charge in [-0.05, 0) is 30.3 Å². The number of nitrogens with one attached hydrogen (secondary N) is 2. The molecule has 0 aliphatic rings. The minimum Gasteiger partial charge on any atom is -0.347 e. The average Bonchev–Trinajstić information content (AvgIpc) is 2.66. The average molecular weight is 369 g/mol. The van der Waals surface area contributed by atoms with Gasteiger partial charge in [0.2, 0.25) is 10.0 Å². The van der Waals surface area contributed by atoms with Crippen LogP contribution in [0.1, 0.15) is 21.6 Å². The third kappa shape index (κ3) is 4.25. The summed E-state index contributed by atoms with van der Waals surface area (Å²) >= 11 is 0. The monoisotopic (exact) mass is 369 g/mol. The summed E-state index contributed by atoms with van der Waals surface area (Å²) in [6.07, 6.45) is 0. The van der Waals surface area contributed by atoms with Gasteiger partial charge >= 0.3 is 0 Å². The van der Waals surface area contributed by atoms with Gasteiger partial charge in [-0.1, -0.05) is 48.5 Å². The highest BCUT2D eigenvalue weighted by atomic mass is 32.2. The van der Waals surface area contributed by atoms with Crippen molar-refractivity contribution in [3.8, 4) is 0 Å². The summed E-state index contributed by atoms with van der Waals surface area (Å²) in [6, 6.07) is 18.2. The number of rotatable bonds is 6. The number of pyridine rings is 1. The number of para-hydroxylation sites is 1. The lowest BCUT2D eigenvalue weighted by Crippen LogP contribution is -2.25. The molecule has 0 bridgehead atoms. The van der Waals surface area contributed by atoms with Crippen molar-refractivity contribution >= 4 is 26.8 Å². The van der Waals surface area contributed by atoms with Crippen molar-refractivity contribution < 1.29 is 13.2 Å². The zero-order chi connectivity index (χ0) is 18.6. The largest absolute Gasteiger partial charge is 0.347 e. The van der Waals surface area contributed by atoms with E-state index >= 15 is 0 Å². The van der Waals surface area contributed by atoms with Crippen LogP contribution in [0.2, 0.25) is 0 Å². The van der Waals surface area contributed by atoms with Crippen LogP contribution < -0.4 is 10.0 Å². The topological polar surface area (TPSA) is 88.2 Å². The Balaban J connectivity index is 1.75. The summed E-state index contributed by atoms with van der Waals surface area (Å²) in [5, 5.41) is 3.77. The molecule has 1 aromatic heterocycles. The van der Waals surface area contributed by atoms with Gasteiger partial charge in [-0.15, -0.1) is 0 Å². The second kappa shape index (κ2) is 7.63. The molecule has 3 rings (SSSR count). The molecule has 0 fully saturated rings. The maximum atomic E-state index is 12.4. The van der Waals surface area contributed by atoms with Gasteiger partial charge in [0.15, 0.2) is 0 Å². The van der Waals surface area contributed by atoms with E-state index in [0.29, 0.717) is 11.3 Å². The Hall–Kier alpha value is -2.77. The first-order chi connectivity index (χ1) is 12.5. The Kier molecular flexibility index (Phi) is 5.29. The molecule has 0 atom stereocenters. The van der Waals surface area contributed by atoms with Gasteiger partial charge in [0, 0.05) is 11.9 Å². The van der Waals surface area contributed by atoms with Crippen molar-refractivity contribution in [2.45, 2.75) is 12.3 Å². The predicted molar refractivity (Wildman–Crippen MR) is 101 cm³/mol. The summed E-state index contributed by atoms with van der Waals surface area (Å²) in [5.74, 6) is -0.439. The molecule has 0 aliphatic carbocycles. The Morgan fingerprint density at radius 1 is 0.962 bits per heavy atom. The van der Waals surface area contributed by atoms with Gasteiger partial charge in [-0.3, -0.25) is 4.79 Å². The lowest BCUT2D eigenvalue weighted by Gasteiger charge is -2.11. The van der Waals surface area contributed by atoms with Gasteiger partial charge in [0.25, 0.3) is 5.91 Å². The third-order valence-electron chi connectivity index (χ3n) is 4.05. The number of hydrogen-bond acceptors (Lipinski definition) is 4. The maximum Gasteiger partial charge on any atom is 0.270 e. The van der Waals surface area contributed by atoms with E-state index in [1.54, 1.807) is 24.3 Å². The molecule has 134 valence electrons. The lowest BCUT2D eigenvalue weighted by atomic mass is 10.1. The zero-order valence-electron chi connectivity index (χ0n) is 14.3. The summed E-state index contributed by atoms with van der Waals surface area (Å²) in [4.78, 5) is 16.8. The summed E-state index contributed by atoms with van der Waals surface area (Å²) < 4.78 is 25.9. The third-order valence-corrected chi connectivity index (χ3v) is 5.36. The second-order valence-corrected chi connectivity index (χ2v) is 7.73. The zero-order valence-corrected chi connectivity index (χ0v) is 15.1. The molecule has 1 amide bonds. The molecule has 1 heterocycles. The fourth-order valence-electron chi connectivity index (χ4n) is 2.61. The molecule has 2 aromatic carbocycles. The van der Waals surface area contributed by atoms with Crippen LogP contribution in [0, 0.1) is 0 Å². The van der Waals surface area contributed by atoms with Crippen LogP contribution in [-0.4, -0.2) is 26.4 Å². The highest BCUT2D eigenvalue weighted by molar-refractivity contribution is 7.88. The molecule has 0 saturated carbocycles. The number of carbonyl (C=O) groups is 1. The van der Waals surface area contributed by atoms with E-state index in [0.717, 1.165) is 16.5 Å². The van der Waals surface area contributed by atoms with Gasteiger partial charge in [0.1, 0.15) is 5.69 Å². The van der Waals surface area contributed by atoms with Gasteiger partial charge in [-0.2, -0.15) is 0 Å². The minimum absolute atomic E-state index is 0.135. The number of amides is 1. The number of fused-ring (bicyclic) bond motifs is 1. The highest BCUT2D eigenvalue weighted by Gasteiger charge is 2.13. The summed E-state index contributed by atoms with van der Waals surface area (Å²) in [7, 11) is -2.01. The Morgan fingerprint density at radius 3 is 2.42 bits per heavy atom. The SMILES string of the molecule is CNS(=O)(=O)Cc1ccccc1CNC(=O)c1ccc2ccccc2n1. The Bertz CT molecular complexity index is 1050. The molecule has 2 N–H and O–H groups in total. The summed E-state index contributed by atoms with van der Waals surface area (Å²) in [5.41, 5.74) is 2.47. The maximum absolute atomic E-state index is 12.4. The van der Waals surface area contributed by atoms with Crippen molar-refractivity contribution in [2.24, 2.45) is 0 Å². The number of hydrogen-bond donors (Lipinski definition) is 2. The van der Waals surface area contributed by atoms with E-state index in [-0.39, 0.29) is 18.2 Å². The van der Waals surface area contributed by atoms with Crippen LogP contribution in [0.25, 0.3) is 10.9 Å². The molecule has 7 heteroatoms. The van der Waals surface area contributed by atoms with Crippen molar-refractivity contribution in [3.63, 3.8) is 0 Å². The quantitative estimate of drug-likeness (QED) is 0.697. The number of aromatic nitrogens is 1.